The van der Waals surface area contributed by atoms with Crippen LogP contribution >= 0.6 is 11.8 Å². The highest BCUT2D eigenvalue weighted by atomic mass is 32.2. The van der Waals surface area contributed by atoms with E-state index >= 15 is 0 Å². The largest absolute Gasteiger partial charge is 0.352 e. The second kappa shape index (κ2) is 7.88. The summed E-state index contributed by atoms with van der Waals surface area (Å²) >= 11 is 1.78. The fourth-order valence-corrected chi connectivity index (χ4v) is 2.66. The number of benzene rings is 1. The van der Waals surface area contributed by atoms with E-state index in [1.807, 2.05) is 37.4 Å². The molecule has 0 saturated carbocycles. The number of amides is 1. The van der Waals surface area contributed by atoms with Gasteiger partial charge in [-0.05, 0) is 49.3 Å². The number of thioether (sulfide) groups is 1. The fraction of sp³-hybridized carbons (Fsp3) is 0.375. The normalized spacial score (nSPS) is 10.6. The molecule has 21 heavy (non-hydrogen) atoms. The molecule has 0 bridgehead atoms. The lowest BCUT2D eigenvalue weighted by atomic mass is 10.1. The molecule has 1 aromatic heterocycles. The molecule has 4 nitrogen and oxygen atoms in total. The van der Waals surface area contributed by atoms with E-state index in [-0.39, 0.29) is 5.91 Å². The Morgan fingerprint density at radius 3 is 2.71 bits per heavy atom. The lowest BCUT2D eigenvalue weighted by Crippen LogP contribution is -2.24. The number of carbonyl (C=O) groups is 1. The van der Waals surface area contributed by atoms with Gasteiger partial charge in [0, 0.05) is 23.6 Å². The molecule has 2 rings (SSSR count). The summed E-state index contributed by atoms with van der Waals surface area (Å²) in [6.45, 7) is 2.69. The third-order valence-corrected chi connectivity index (χ3v) is 3.99. The molecule has 5 heteroatoms. The Bertz CT molecular complexity index is 577. The van der Waals surface area contributed by atoms with Gasteiger partial charge in [-0.3, -0.25) is 9.89 Å². The van der Waals surface area contributed by atoms with E-state index in [2.05, 4.69) is 21.8 Å². The Kier molecular flexibility index (Phi) is 5.87. The molecular formula is C16H21N3OS. The van der Waals surface area contributed by atoms with Crippen LogP contribution in [0.3, 0.4) is 0 Å². The Hall–Kier alpha value is -1.75. The van der Waals surface area contributed by atoms with Crippen molar-refractivity contribution in [3.05, 3.63) is 52.8 Å². The molecule has 1 heterocycles. The molecule has 1 amide bonds. The molecule has 0 radical (unpaired) electrons. The van der Waals surface area contributed by atoms with Crippen LogP contribution in [0, 0.1) is 6.92 Å². The summed E-state index contributed by atoms with van der Waals surface area (Å²) in [5, 5.41) is 9.87. The van der Waals surface area contributed by atoms with Gasteiger partial charge in [0.25, 0.3) is 5.91 Å². The average molecular weight is 303 g/mol. The van der Waals surface area contributed by atoms with Gasteiger partial charge in [0.15, 0.2) is 0 Å². The summed E-state index contributed by atoms with van der Waals surface area (Å²) in [6, 6.07) is 7.81. The second-order valence-electron chi connectivity index (χ2n) is 5.01. The number of aromatic nitrogens is 2. The lowest BCUT2D eigenvalue weighted by Gasteiger charge is -2.06. The molecule has 2 N–H and O–H groups in total. The van der Waals surface area contributed by atoms with Gasteiger partial charge in [-0.25, -0.2) is 0 Å². The van der Waals surface area contributed by atoms with Gasteiger partial charge in [0.2, 0.25) is 0 Å². The molecule has 112 valence electrons. The first-order chi connectivity index (χ1) is 10.2. The molecule has 0 atom stereocenters. The maximum Gasteiger partial charge on any atom is 0.251 e. The lowest BCUT2D eigenvalue weighted by molar-refractivity contribution is 0.0953. The molecule has 0 unspecified atom stereocenters. The van der Waals surface area contributed by atoms with Crippen molar-refractivity contribution >= 4 is 17.7 Å². The summed E-state index contributed by atoms with van der Waals surface area (Å²) in [4.78, 5) is 12.0. The summed E-state index contributed by atoms with van der Waals surface area (Å²) in [5.74, 6) is 0.973. The van der Waals surface area contributed by atoms with Crippen molar-refractivity contribution in [3.8, 4) is 0 Å². The number of nitrogens with one attached hydrogen (secondary N) is 2. The van der Waals surface area contributed by atoms with E-state index in [0.717, 1.165) is 29.9 Å². The van der Waals surface area contributed by atoms with E-state index in [1.54, 1.807) is 11.8 Å². The predicted molar refractivity (Wildman–Crippen MR) is 87.6 cm³/mol. The third kappa shape index (κ3) is 4.63. The third-order valence-electron chi connectivity index (χ3n) is 3.37. The summed E-state index contributed by atoms with van der Waals surface area (Å²) < 4.78 is 0. The first-order valence-electron chi connectivity index (χ1n) is 7.05. The van der Waals surface area contributed by atoms with Crippen molar-refractivity contribution in [1.29, 1.82) is 0 Å². The van der Waals surface area contributed by atoms with Crippen LogP contribution in [0.4, 0.5) is 0 Å². The van der Waals surface area contributed by atoms with Crippen molar-refractivity contribution in [2.24, 2.45) is 0 Å². The average Bonchev–Trinajstić information content (AvgIpc) is 2.90. The molecule has 0 aliphatic carbocycles. The number of hydrogen-bond donors (Lipinski definition) is 2. The standard InChI is InChI=1S/C16H21N3OS/c1-12-15(10-18-19-12)4-3-9-17-16(20)14-7-5-13(6-8-14)11-21-2/h5-8,10H,3-4,9,11H2,1-2H3,(H,17,20)(H,18,19). The number of carbonyl (C=O) groups excluding carboxylic acids is 1. The van der Waals surface area contributed by atoms with E-state index in [1.165, 1.54) is 11.1 Å². The van der Waals surface area contributed by atoms with Crippen LogP contribution in [0.25, 0.3) is 0 Å². The van der Waals surface area contributed by atoms with Crippen molar-refractivity contribution in [3.63, 3.8) is 0 Å². The maximum absolute atomic E-state index is 12.0. The van der Waals surface area contributed by atoms with Crippen molar-refractivity contribution < 1.29 is 4.79 Å². The van der Waals surface area contributed by atoms with E-state index < -0.39 is 0 Å². The van der Waals surface area contributed by atoms with Crippen molar-refractivity contribution in [2.45, 2.75) is 25.5 Å². The topological polar surface area (TPSA) is 57.8 Å². The first-order valence-corrected chi connectivity index (χ1v) is 8.45. The quantitative estimate of drug-likeness (QED) is 0.773. The van der Waals surface area contributed by atoms with Crippen molar-refractivity contribution in [2.75, 3.05) is 12.8 Å². The highest BCUT2D eigenvalue weighted by Crippen LogP contribution is 2.10. The number of rotatable bonds is 7. The Morgan fingerprint density at radius 2 is 2.10 bits per heavy atom. The minimum absolute atomic E-state index is 0.00498. The zero-order chi connectivity index (χ0) is 15.1. The van der Waals surface area contributed by atoms with E-state index in [0.29, 0.717) is 6.54 Å². The molecule has 0 saturated heterocycles. The van der Waals surface area contributed by atoms with Gasteiger partial charge in [-0.15, -0.1) is 0 Å². The van der Waals surface area contributed by atoms with Gasteiger partial charge in [-0.1, -0.05) is 12.1 Å². The van der Waals surface area contributed by atoms with Crippen LogP contribution in [0.5, 0.6) is 0 Å². The summed E-state index contributed by atoms with van der Waals surface area (Å²) in [7, 11) is 0. The molecule has 0 spiro atoms. The molecular weight excluding hydrogens is 282 g/mol. The van der Waals surface area contributed by atoms with Crippen LogP contribution in [0.1, 0.15) is 33.6 Å². The zero-order valence-electron chi connectivity index (χ0n) is 12.5. The SMILES string of the molecule is CSCc1ccc(C(=O)NCCCc2cn[nH]c2C)cc1. The minimum Gasteiger partial charge on any atom is -0.352 e. The van der Waals surface area contributed by atoms with Crippen LogP contribution in [0.2, 0.25) is 0 Å². The Balaban J connectivity index is 1.75. The number of aromatic amines is 1. The zero-order valence-corrected chi connectivity index (χ0v) is 13.3. The van der Waals surface area contributed by atoms with E-state index in [9.17, 15) is 4.79 Å². The minimum atomic E-state index is -0.00498. The molecule has 0 fully saturated rings. The molecule has 0 aliphatic rings. The second-order valence-corrected chi connectivity index (χ2v) is 5.88. The van der Waals surface area contributed by atoms with Crippen molar-refractivity contribution in [1.82, 2.24) is 15.5 Å². The summed E-state index contributed by atoms with van der Waals surface area (Å²) in [6.07, 6.45) is 5.76. The van der Waals surface area contributed by atoms with Crippen LogP contribution in [-0.2, 0) is 12.2 Å². The summed E-state index contributed by atoms with van der Waals surface area (Å²) in [5.41, 5.74) is 4.28. The van der Waals surface area contributed by atoms with Crippen LogP contribution < -0.4 is 5.32 Å². The van der Waals surface area contributed by atoms with E-state index in [4.69, 9.17) is 0 Å². The van der Waals surface area contributed by atoms with Crippen LogP contribution in [-0.4, -0.2) is 28.9 Å². The fourth-order valence-electron chi connectivity index (χ4n) is 2.13. The first kappa shape index (κ1) is 15.6. The predicted octanol–water partition coefficient (Wildman–Crippen LogP) is 2.94. The van der Waals surface area contributed by atoms with Gasteiger partial charge >= 0.3 is 0 Å². The molecule has 1 aromatic carbocycles. The Labute approximate surface area is 129 Å². The highest BCUT2D eigenvalue weighted by molar-refractivity contribution is 7.97. The van der Waals surface area contributed by atoms with Gasteiger partial charge in [-0.2, -0.15) is 16.9 Å². The smallest absolute Gasteiger partial charge is 0.251 e. The molecule has 0 aliphatic heterocycles. The van der Waals surface area contributed by atoms with Gasteiger partial charge < -0.3 is 5.32 Å². The van der Waals surface area contributed by atoms with Gasteiger partial charge in [0.05, 0.1) is 6.20 Å². The highest BCUT2D eigenvalue weighted by Gasteiger charge is 2.05. The van der Waals surface area contributed by atoms with Crippen LogP contribution in [0.15, 0.2) is 30.5 Å². The monoisotopic (exact) mass is 303 g/mol. The number of aryl methyl sites for hydroxylation is 2. The number of H-pyrrole nitrogens is 1. The Morgan fingerprint density at radius 1 is 1.33 bits per heavy atom. The van der Waals surface area contributed by atoms with Gasteiger partial charge in [0.1, 0.15) is 0 Å². The molecule has 2 aromatic rings. The number of hydrogen-bond acceptors (Lipinski definition) is 3. The maximum atomic E-state index is 12.0. The number of nitrogens with zero attached hydrogens (tertiary/aromatic N) is 1.